The van der Waals surface area contributed by atoms with Crippen LogP contribution in [0.1, 0.15) is 44.9 Å². The van der Waals surface area contributed by atoms with Gasteiger partial charge < -0.3 is 15.7 Å². The molecule has 0 unspecified atom stereocenters. The molecule has 0 aromatic rings. The molecule has 92 valence electrons. The van der Waals surface area contributed by atoms with Gasteiger partial charge in [-0.2, -0.15) is 0 Å². The summed E-state index contributed by atoms with van der Waals surface area (Å²) in [5.74, 6) is 0.627. The minimum atomic E-state index is -0.545. The summed E-state index contributed by atoms with van der Waals surface area (Å²) >= 11 is 0. The number of aliphatic hydroxyl groups is 1. The molecule has 0 radical (unpaired) electrons. The van der Waals surface area contributed by atoms with Crippen molar-refractivity contribution in [3.63, 3.8) is 0 Å². The standard InChI is InChI=1S/C12H23N3O/c13-11(14-10-12(16)6-5-7-12)15-8-3-1-2-4-9-15/h16H,1-10H2,(H2,13,14). The summed E-state index contributed by atoms with van der Waals surface area (Å²) in [5, 5.41) is 9.93. The molecule has 1 aliphatic heterocycles. The summed E-state index contributed by atoms with van der Waals surface area (Å²) in [5.41, 5.74) is 5.42. The fourth-order valence-corrected chi connectivity index (χ4v) is 2.37. The third-order valence-corrected chi connectivity index (χ3v) is 3.75. The van der Waals surface area contributed by atoms with E-state index >= 15 is 0 Å². The summed E-state index contributed by atoms with van der Waals surface area (Å²) in [7, 11) is 0. The van der Waals surface area contributed by atoms with E-state index < -0.39 is 5.60 Å². The summed E-state index contributed by atoms with van der Waals surface area (Å²) in [4.78, 5) is 6.52. The molecule has 1 aliphatic carbocycles. The molecular formula is C12H23N3O. The van der Waals surface area contributed by atoms with Crippen molar-refractivity contribution in [2.45, 2.75) is 50.5 Å². The normalized spacial score (nSPS) is 26.1. The number of guanidine groups is 1. The van der Waals surface area contributed by atoms with Crippen LogP contribution in [0, 0.1) is 0 Å². The highest BCUT2D eigenvalue weighted by atomic mass is 16.3. The first-order valence-electron chi connectivity index (χ1n) is 6.47. The Morgan fingerprint density at radius 3 is 2.25 bits per heavy atom. The molecule has 2 fully saturated rings. The van der Waals surface area contributed by atoms with Gasteiger partial charge in [0.25, 0.3) is 0 Å². The zero-order valence-electron chi connectivity index (χ0n) is 9.99. The van der Waals surface area contributed by atoms with Crippen molar-refractivity contribution in [2.24, 2.45) is 10.7 Å². The van der Waals surface area contributed by atoms with Gasteiger partial charge in [-0.25, -0.2) is 0 Å². The van der Waals surface area contributed by atoms with E-state index in [4.69, 9.17) is 5.73 Å². The van der Waals surface area contributed by atoms with Crippen molar-refractivity contribution in [1.82, 2.24) is 4.90 Å². The number of likely N-dealkylation sites (tertiary alicyclic amines) is 1. The maximum atomic E-state index is 9.93. The van der Waals surface area contributed by atoms with Crippen LogP contribution in [-0.2, 0) is 0 Å². The van der Waals surface area contributed by atoms with Gasteiger partial charge in [0.1, 0.15) is 0 Å². The van der Waals surface area contributed by atoms with Gasteiger partial charge in [-0.15, -0.1) is 0 Å². The Morgan fingerprint density at radius 2 is 1.75 bits per heavy atom. The average molecular weight is 225 g/mol. The molecule has 2 aliphatic rings. The van der Waals surface area contributed by atoms with Gasteiger partial charge >= 0.3 is 0 Å². The van der Waals surface area contributed by atoms with Crippen LogP contribution in [0.5, 0.6) is 0 Å². The van der Waals surface area contributed by atoms with E-state index in [2.05, 4.69) is 9.89 Å². The molecule has 1 saturated carbocycles. The summed E-state index contributed by atoms with van der Waals surface area (Å²) < 4.78 is 0. The zero-order valence-corrected chi connectivity index (χ0v) is 9.99. The van der Waals surface area contributed by atoms with E-state index in [1.807, 2.05) is 0 Å². The highest BCUT2D eigenvalue weighted by molar-refractivity contribution is 5.78. The predicted octanol–water partition coefficient (Wildman–Crippen LogP) is 1.09. The third kappa shape index (κ3) is 2.88. The minimum Gasteiger partial charge on any atom is -0.388 e. The molecular weight excluding hydrogens is 202 g/mol. The van der Waals surface area contributed by atoms with E-state index in [-0.39, 0.29) is 0 Å². The van der Waals surface area contributed by atoms with Crippen molar-refractivity contribution in [3.05, 3.63) is 0 Å². The van der Waals surface area contributed by atoms with Crippen LogP contribution in [0.15, 0.2) is 4.99 Å². The Kier molecular flexibility index (Phi) is 3.69. The Labute approximate surface area is 97.5 Å². The topological polar surface area (TPSA) is 61.9 Å². The zero-order chi connectivity index (χ0) is 11.4. The lowest BCUT2D eigenvalue weighted by Gasteiger charge is -2.35. The summed E-state index contributed by atoms with van der Waals surface area (Å²) in [6.07, 6.45) is 7.89. The van der Waals surface area contributed by atoms with Crippen LogP contribution in [-0.4, -0.2) is 41.2 Å². The molecule has 1 saturated heterocycles. The van der Waals surface area contributed by atoms with E-state index in [0.717, 1.165) is 32.4 Å². The number of nitrogens with two attached hydrogens (primary N) is 1. The van der Waals surface area contributed by atoms with Crippen molar-refractivity contribution in [2.75, 3.05) is 19.6 Å². The SMILES string of the molecule is NC(=NCC1(O)CCC1)N1CCCCCC1. The second-order valence-electron chi connectivity index (χ2n) is 5.15. The van der Waals surface area contributed by atoms with Gasteiger partial charge in [-0.1, -0.05) is 12.8 Å². The van der Waals surface area contributed by atoms with Gasteiger partial charge in [0.15, 0.2) is 5.96 Å². The molecule has 3 N–H and O–H groups in total. The number of aliphatic imine (C=N–C) groups is 1. The van der Waals surface area contributed by atoms with Gasteiger partial charge in [-0.05, 0) is 32.1 Å². The molecule has 4 nitrogen and oxygen atoms in total. The minimum absolute atomic E-state index is 0.481. The highest BCUT2D eigenvalue weighted by Crippen LogP contribution is 2.31. The Balaban J connectivity index is 1.84. The highest BCUT2D eigenvalue weighted by Gasteiger charge is 2.34. The number of hydrogen-bond acceptors (Lipinski definition) is 2. The largest absolute Gasteiger partial charge is 0.388 e. The van der Waals surface area contributed by atoms with Gasteiger partial charge in [0.2, 0.25) is 0 Å². The third-order valence-electron chi connectivity index (χ3n) is 3.75. The Bertz CT molecular complexity index is 253. The molecule has 0 atom stereocenters. The first kappa shape index (κ1) is 11.7. The average Bonchev–Trinajstić information content (AvgIpc) is 2.51. The van der Waals surface area contributed by atoms with Crippen molar-refractivity contribution in [1.29, 1.82) is 0 Å². The number of rotatable bonds is 2. The first-order valence-corrected chi connectivity index (χ1v) is 6.47. The smallest absolute Gasteiger partial charge is 0.191 e. The van der Waals surface area contributed by atoms with Crippen LogP contribution < -0.4 is 5.73 Å². The molecule has 0 bridgehead atoms. The molecule has 16 heavy (non-hydrogen) atoms. The molecule has 4 heteroatoms. The van der Waals surface area contributed by atoms with Gasteiger partial charge in [0, 0.05) is 13.1 Å². The predicted molar refractivity (Wildman–Crippen MR) is 65.3 cm³/mol. The fourth-order valence-electron chi connectivity index (χ4n) is 2.37. The molecule has 0 aromatic heterocycles. The summed E-state index contributed by atoms with van der Waals surface area (Å²) in [6, 6.07) is 0. The Morgan fingerprint density at radius 1 is 1.12 bits per heavy atom. The van der Waals surface area contributed by atoms with Crippen molar-refractivity contribution in [3.8, 4) is 0 Å². The van der Waals surface area contributed by atoms with E-state index in [0.29, 0.717) is 12.5 Å². The maximum absolute atomic E-state index is 9.93. The van der Waals surface area contributed by atoms with Crippen LogP contribution in [0.4, 0.5) is 0 Å². The number of nitrogens with zero attached hydrogens (tertiary/aromatic N) is 2. The van der Waals surface area contributed by atoms with Crippen LogP contribution in [0.25, 0.3) is 0 Å². The second kappa shape index (κ2) is 5.04. The molecule has 0 spiro atoms. The lowest BCUT2D eigenvalue weighted by Crippen LogP contribution is -2.43. The van der Waals surface area contributed by atoms with Gasteiger partial charge in [-0.3, -0.25) is 4.99 Å². The molecule has 1 heterocycles. The second-order valence-corrected chi connectivity index (χ2v) is 5.15. The quantitative estimate of drug-likeness (QED) is 0.546. The van der Waals surface area contributed by atoms with Crippen LogP contribution in [0.3, 0.4) is 0 Å². The van der Waals surface area contributed by atoms with E-state index in [9.17, 15) is 5.11 Å². The number of hydrogen-bond donors (Lipinski definition) is 2. The lowest BCUT2D eigenvalue weighted by molar-refractivity contribution is -0.0237. The fraction of sp³-hybridized carbons (Fsp3) is 0.917. The van der Waals surface area contributed by atoms with Crippen molar-refractivity contribution < 1.29 is 5.11 Å². The molecule has 0 aromatic carbocycles. The summed E-state index contributed by atoms with van der Waals surface area (Å²) in [6.45, 7) is 2.52. The lowest BCUT2D eigenvalue weighted by atomic mass is 9.80. The van der Waals surface area contributed by atoms with E-state index in [1.54, 1.807) is 0 Å². The van der Waals surface area contributed by atoms with Crippen LogP contribution in [0.2, 0.25) is 0 Å². The van der Waals surface area contributed by atoms with Crippen LogP contribution >= 0.6 is 0 Å². The first-order chi connectivity index (χ1) is 7.70. The molecule has 2 rings (SSSR count). The van der Waals surface area contributed by atoms with Gasteiger partial charge in [0.05, 0.1) is 12.1 Å². The van der Waals surface area contributed by atoms with Crippen molar-refractivity contribution >= 4 is 5.96 Å². The maximum Gasteiger partial charge on any atom is 0.191 e. The monoisotopic (exact) mass is 225 g/mol. The van der Waals surface area contributed by atoms with E-state index in [1.165, 1.54) is 25.7 Å². The molecule has 0 amide bonds. The Hall–Kier alpha value is -0.770.